The molecule has 20 heavy (non-hydrogen) atoms. The van der Waals surface area contributed by atoms with E-state index in [2.05, 4.69) is 10.1 Å². The molecule has 0 spiro atoms. The average molecular weight is 280 g/mol. The number of nitrogens with two attached hydrogens (primary N) is 1. The van der Waals surface area contributed by atoms with Gasteiger partial charge in [-0.3, -0.25) is 9.69 Å². The predicted octanol–water partition coefficient (Wildman–Crippen LogP) is 0.673. The van der Waals surface area contributed by atoms with E-state index in [0.29, 0.717) is 0 Å². The van der Waals surface area contributed by atoms with Crippen LogP contribution in [-0.2, 0) is 11.3 Å². The normalized spacial score (nSPS) is 17.6. The number of carbonyl (C=O) groups is 1. The number of amides is 1. The monoisotopic (exact) mass is 280 g/mol. The summed E-state index contributed by atoms with van der Waals surface area (Å²) in [5.41, 5.74) is 7.19. The Kier molecular flexibility index (Phi) is 4.15. The summed E-state index contributed by atoms with van der Waals surface area (Å²) in [6, 6.07) is 0. The molecule has 112 valence electrons. The topological polar surface area (TPSA) is 75.6 Å². The first-order valence-electron chi connectivity index (χ1n) is 7.01. The summed E-state index contributed by atoms with van der Waals surface area (Å²) >= 11 is 0. The Labute approximate surface area is 119 Å². The van der Waals surface area contributed by atoms with Gasteiger partial charge in [0.2, 0.25) is 5.91 Å². The van der Waals surface area contributed by atoms with Gasteiger partial charge in [0.1, 0.15) is 5.76 Å². The molecule has 1 aliphatic heterocycles. The van der Waals surface area contributed by atoms with Gasteiger partial charge >= 0.3 is 0 Å². The van der Waals surface area contributed by atoms with E-state index in [1.165, 1.54) is 0 Å². The first-order valence-corrected chi connectivity index (χ1v) is 7.01. The van der Waals surface area contributed by atoms with Gasteiger partial charge in [-0.1, -0.05) is 5.16 Å². The zero-order valence-electron chi connectivity index (χ0n) is 12.8. The number of rotatable bonds is 3. The molecule has 2 N–H and O–H groups in total. The second kappa shape index (κ2) is 5.54. The molecule has 0 aliphatic carbocycles. The summed E-state index contributed by atoms with van der Waals surface area (Å²) in [5, 5.41) is 3.97. The highest BCUT2D eigenvalue weighted by Crippen LogP contribution is 2.17. The molecule has 0 bridgehead atoms. The van der Waals surface area contributed by atoms with E-state index in [1.807, 2.05) is 18.7 Å². The lowest BCUT2D eigenvalue weighted by Crippen LogP contribution is -2.56. The van der Waals surface area contributed by atoms with Gasteiger partial charge in [0.25, 0.3) is 0 Å². The van der Waals surface area contributed by atoms with Crippen molar-refractivity contribution in [2.75, 3.05) is 26.2 Å². The number of piperazine rings is 1. The number of aromatic nitrogens is 1. The quantitative estimate of drug-likeness (QED) is 0.881. The Morgan fingerprint density at radius 2 is 1.90 bits per heavy atom. The number of nitrogens with zero attached hydrogens (tertiary/aromatic N) is 3. The lowest BCUT2D eigenvalue weighted by Gasteiger charge is -2.37. The van der Waals surface area contributed by atoms with Crippen molar-refractivity contribution in [1.82, 2.24) is 15.0 Å². The Morgan fingerprint density at radius 1 is 1.30 bits per heavy atom. The molecule has 1 fully saturated rings. The molecule has 0 saturated carbocycles. The van der Waals surface area contributed by atoms with Crippen molar-refractivity contribution >= 4 is 5.91 Å². The first kappa shape index (κ1) is 15.0. The van der Waals surface area contributed by atoms with Gasteiger partial charge < -0.3 is 15.2 Å². The van der Waals surface area contributed by atoms with E-state index in [4.69, 9.17) is 10.3 Å². The molecule has 0 aromatic carbocycles. The van der Waals surface area contributed by atoms with Crippen molar-refractivity contribution in [3.05, 3.63) is 17.0 Å². The molecule has 1 aromatic rings. The first-order chi connectivity index (χ1) is 9.29. The second-order valence-electron chi connectivity index (χ2n) is 6.09. The third-order valence-corrected chi connectivity index (χ3v) is 3.77. The molecule has 0 unspecified atom stereocenters. The molecule has 1 aliphatic rings. The third kappa shape index (κ3) is 3.19. The molecule has 1 saturated heterocycles. The van der Waals surface area contributed by atoms with Crippen LogP contribution in [0.2, 0.25) is 0 Å². The molecule has 6 nitrogen and oxygen atoms in total. The maximum atomic E-state index is 12.1. The summed E-state index contributed by atoms with van der Waals surface area (Å²) in [4.78, 5) is 16.3. The summed E-state index contributed by atoms with van der Waals surface area (Å²) in [6.45, 7) is 11.4. The van der Waals surface area contributed by atoms with E-state index in [9.17, 15) is 4.79 Å². The average Bonchev–Trinajstić information content (AvgIpc) is 2.69. The van der Waals surface area contributed by atoms with Crippen LogP contribution < -0.4 is 5.73 Å². The molecule has 2 heterocycles. The summed E-state index contributed by atoms with van der Waals surface area (Å²) in [6.07, 6.45) is 0. The second-order valence-corrected chi connectivity index (χ2v) is 6.09. The standard InChI is InChI=1S/C14H24N4O2/c1-10-12(11(2)20-16-10)9-17-5-7-18(8-6-17)13(19)14(3,4)15/h5-9,15H2,1-4H3. The van der Waals surface area contributed by atoms with Crippen LogP contribution in [0.4, 0.5) is 0 Å². The maximum Gasteiger partial charge on any atom is 0.242 e. The summed E-state index contributed by atoms with van der Waals surface area (Å²) < 4.78 is 5.18. The molecule has 6 heteroatoms. The van der Waals surface area contributed by atoms with E-state index in [1.54, 1.807) is 13.8 Å². The van der Waals surface area contributed by atoms with Crippen LogP contribution in [0.15, 0.2) is 4.52 Å². The van der Waals surface area contributed by atoms with Gasteiger partial charge in [-0.05, 0) is 27.7 Å². The molecule has 1 amide bonds. The van der Waals surface area contributed by atoms with Crippen LogP contribution in [0.5, 0.6) is 0 Å². The Hall–Kier alpha value is -1.40. The lowest BCUT2D eigenvalue weighted by molar-refractivity contribution is -0.137. The third-order valence-electron chi connectivity index (χ3n) is 3.77. The van der Waals surface area contributed by atoms with Gasteiger partial charge in [0.15, 0.2) is 0 Å². The van der Waals surface area contributed by atoms with Crippen LogP contribution in [0.3, 0.4) is 0 Å². The van der Waals surface area contributed by atoms with Crippen molar-refractivity contribution in [1.29, 1.82) is 0 Å². The van der Waals surface area contributed by atoms with Gasteiger partial charge in [0.05, 0.1) is 11.2 Å². The van der Waals surface area contributed by atoms with E-state index in [0.717, 1.165) is 49.7 Å². The summed E-state index contributed by atoms with van der Waals surface area (Å²) in [7, 11) is 0. The minimum absolute atomic E-state index is 0.0227. The van der Waals surface area contributed by atoms with Crippen molar-refractivity contribution < 1.29 is 9.32 Å². The largest absolute Gasteiger partial charge is 0.361 e. The fraction of sp³-hybridized carbons (Fsp3) is 0.714. The van der Waals surface area contributed by atoms with Crippen LogP contribution in [0, 0.1) is 13.8 Å². The Bertz CT molecular complexity index is 462. The van der Waals surface area contributed by atoms with Crippen molar-refractivity contribution in [2.24, 2.45) is 5.73 Å². The number of carbonyl (C=O) groups excluding carboxylic acids is 1. The van der Waals surface area contributed by atoms with E-state index < -0.39 is 5.54 Å². The molecule has 0 atom stereocenters. The van der Waals surface area contributed by atoms with Gasteiger partial charge in [0, 0.05) is 38.3 Å². The van der Waals surface area contributed by atoms with Crippen LogP contribution in [0.1, 0.15) is 30.9 Å². The predicted molar refractivity (Wildman–Crippen MR) is 76.1 cm³/mol. The zero-order chi connectivity index (χ0) is 14.9. The molecule has 2 rings (SSSR count). The maximum absolute atomic E-state index is 12.1. The highest BCUT2D eigenvalue weighted by Gasteiger charge is 2.30. The highest BCUT2D eigenvalue weighted by atomic mass is 16.5. The Balaban J connectivity index is 1.91. The van der Waals surface area contributed by atoms with Crippen LogP contribution in [-0.4, -0.2) is 52.6 Å². The van der Waals surface area contributed by atoms with Crippen LogP contribution >= 0.6 is 0 Å². The van der Waals surface area contributed by atoms with Crippen LogP contribution in [0.25, 0.3) is 0 Å². The SMILES string of the molecule is Cc1noc(C)c1CN1CCN(C(=O)C(C)(C)N)CC1. The highest BCUT2D eigenvalue weighted by molar-refractivity contribution is 5.85. The van der Waals surface area contributed by atoms with Crippen molar-refractivity contribution in [2.45, 2.75) is 39.8 Å². The lowest BCUT2D eigenvalue weighted by atomic mass is 10.0. The number of hydrogen-bond donors (Lipinski definition) is 1. The molecular formula is C14H24N4O2. The minimum atomic E-state index is -0.788. The fourth-order valence-electron chi connectivity index (χ4n) is 2.47. The van der Waals surface area contributed by atoms with Crippen molar-refractivity contribution in [3.8, 4) is 0 Å². The smallest absolute Gasteiger partial charge is 0.242 e. The fourth-order valence-corrected chi connectivity index (χ4v) is 2.47. The number of hydrogen-bond acceptors (Lipinski definition) is 5. The van der Waals surface area contributed by atoms with E-state index in [-0.39, 0.29) is 5.91 Å². The molecule has 0 radical (unpaired) electrons. The number of aryl methyl sites for hydroxylation is 2. The van der Waals surface area contributed by atoms with Gasteiger partial charge in [-0.25, -0.2) is 0 Å². The minimum Gasteiger partial charge on any atom is -0.361 e. The zero-order valence-corrected chi connectivity index (χ0v) is 12.8. The van der Waals surface area contributed by atoms with E-state index >= 15 is 0 Å². The van der Waals surface area contributed by atoms with Gasteiger partial charge in [-0.15, -0.1) is 0 Å². The molecule has 1 aromatic heterocycles. The summed E-state index contributed by atoms with van der Waals surface area (Å²) in [5.74, 6) is 0.901. The van der Waals surface area contributed by atoms with Gasteiger partial charge in [-0.2, -0.15) is 0 Å². The molecular weight excluding hydrogens is 256 g/mol. The Morgan fingerprint density at radius 3 is 2.35 bits per heavy atom. The van der Waals surface area contributed by atoms with Crippen molar-refractivity contribution in [3.63, 3.8) is 0 Å².